The predicted octanol–water partition coefficient (Wildman–Crippen LogP) is 0.271. The third kappa shape index (κ3) is 2.20. The summed E-state index contributed by atoms with van der Waals surface area (Å²) in [6, 6.07) is -0.386. The van der Waals surface area contributed by atoms with Crippen LogP contribution in [0.1, 0.15) is 32.6 Å². The van der Waals surface area contributed by atoms with Gasteiger partial charge < -0.3 is 34.3 Å². The average molecular weight is 468 g/mol. The van der Waals surface area contributed by atoms with Crippen LogP contribution in [0, 0.1) is 34.5 Å². The molecule has 8 nitrogen and oxygen atoms in total. The van der Waals surface area contributed by atoms with Gasteiger partial charge in [-0.15, -0.1) is 0 Å². The van der Waals surface area contributed by atoms with Crippen LogP contribution in [0.2, 0.25) is 0 Å². The molecule has 1 aliphatic heterocycles. The zero-order valence-corrected chi connectivity index (χ0v) is 20.6. The Morgan fingerprint density at radius 2 is 1.82 bits per heavy atom. The molecule has 0 amide bonds. The lowest BCUT2D eigenvalue weighted by Gasteiger charge is -2.69. The summed E-state index contributed by atoms with van der Waals surface area (Å²) in [5.41, 5.74) is -3.82. The number of aliphatic hydroxyl groups excluding tert-OH is 1. The van der Waals surface area contributed by atoms with Crippen molar-refractivity contribution in [3.63, 3.8) is 0 Å². The molecule has 188 valence electrons. The van der Waals surface area contributed by atoms with Crippen LogP contribution in [0.3, 0.4) is 0 Å². The highest BCUT2D eigenvalue weighted by molar-refractivity contribution is 5.41. The van der Waals surface area contributed by atoms with Gasteiger partial charge in [-0.25, -0.2) is 0 Å². The van der Waals surface area contributed by atoms with E-state index in [0.717, 1.165) is 25.9 Å². The summed E-state index contributed by atoms with van der Waals surface area (Å²) >= 11 is 0. The highest BCUT2D eigenvalue weighted by Crippen LogP contribution is 2.80. The molecule has 0 aromatic heterocycles. The molecular weight excluding hydrogens is 426 g/mol. The van der Waals surface area contributed by atoms with Gasteiger partial charge in [0.05, 0.1) is 37.1 Å². The number of fused-ring (bicyclic) bond motifs is 2. The van der Waals surface area contributed by atoms with E-state index in [-0.39, 0.29) is 47.3 Å². The lowest BCUT2D eigenvalue weighted by atomic mass is 9.42. The highest BCUT2D eigenvalue weighted by Gasteiger charge is 2.91. The van der Waals surface area contributed by atoms with Gasteiger partial charge in [0, 0.05) is 70.0 Å². The van der Waals surface area contributed by atoms with Crippen LogP contribution in [-0.2, 0) is 18.9 Å². The summed E-state index contributed by atoms with van der Waals surface area (Å²) in [4.78, 5) is 2.33. The Kier molecular flexibility index (Phi) is 4.99. The summed E-state index contributed by atoms with van der Waals surface area (Å²) in [7, 11) is 6.79. The Labute approximate surface area is 196 Å². The average Bonchev–Trinajstić information content (AvgIpc) is 3.22. The largest absolute Gasteiger partial charge is 0.392 e. The summed E-state index contributed by atoms with van der Waals surface area (Å²) in [5, 5.41) is 37.6. The second kappa shape index (κ2) is 7.13. The normalized spacial score (nSPS) is 60.9. The molecule has 7 bridgehead atoms. The van der Waals surface area contributed by atoms with E-state index < -0.39 is 28.8 Å². The maximum Gasteiger partial charge on any atom is 0.136 e. The number of ether oxygens (including phenoxy) is 4. The quantitative estimate of drug-likeness (QED) is 0.512. The molecule has 13 atom stereocenters. The van der Waals surface area contributed by atoms with Crippen LogP contribution in [-0.4, -0.2) is 110 Å². The zero-order chi connectivity index (χ0) is 23.6. The van der Waals surface area contributed by atoms with Gasteiger partial charge in [-0.2, -0.15) is 0 Å². The van der Waals surface area contributed by atoms with Gasteiger partial charge in [0.25, 0.3) is 0 Å². The van der Waals surface area contributed by atoms with E-state index in [4.69, 9.17) is 18.9 Å². The monoisotopic (exact) mass is 467 g/mol. The first-order chi connectivity index (χ1) is 15.8. The van der Waals surface area contributed by atoms with Crippen LogP contribution in [0.4, 0.5) is 0 Å². The van der Waals surface area contributed by atoms with Crippen molar-refractivity contribution in [2.45, 2.75) is 74.3 Å². The lowest BCUT2D eigenvalue weighted by molar-refractivity contribution is -0.318. The molecule has 0 aromatic rings. The van der Waals surface area contributed by atoms with E-state index in [1.54, 1.807) is 28.4 Å². The number of likely N-dealkylation sites (N-methyl/N-ethyl adjacent to an activating group) is 1. The smallest absolute Gasteiger partial charge is 0.136 e. The summed E-state index contributed by atoms with van der Waals surface area (Å²) in [6.45, 7) is 4.18. The van der Waals surface area contributed by atoms with Crippen molar-refractivity contribution in [3.05, 3.63) is 0 Å². The molecule has 5 aliphatic carbocycles. The molecule has 6 fully saturated rings. The number of rotatable bonds is 6. The molecule has 8 heteroatoms. The molecule has 5 saturated carbocycles. The van der Waals surface area contributed by atoms with Crippen LogP contribution in [0.15, 0.2) is 0 Å². The Bertz CT molecular complexity index is 814. The van der Waals surface area contributed by atoms with E-state index in [1.165, 1.54) is 0 Å². The Hall–Kier alpha value is -0.320. The Morgan fingerprint density at radius 3 is 2.42 bits per heavy atom. The van der Waals surface area contributed by atoms with E-state index >= 15 is 0 Å². The summed E-state index contributed by atoms with van der Waals surface area (Å²) < 4.78 is 24.0. The standard InChI is InChI=1S/C25H41NO7/c1-6-26-11-22(12-30-2)8-7-16(27)24-14-9-13-15(31-3)10-23(28,17(14)18(13)32-4)25(29,21(24)26)20(33-5)19(22)24/h13-21,27-29H,6-12H2,1-5H3/t13-,14?,15+,16+,17?,18?,19?,20?,21?,22+,23-,24+,25+/m1/s1. The van der Waals surface area contributed by atoms with Crippen LogP contribution in [0.5, 0.6) is 0 Å². The second-order valence-corrected chi connectivity index (χ2v) is 11.9. The highest BCUT2D eigenvalue weighted by atomic mass is 16.5. The number of methoxy groups -OCH3 is 4. The van der Waals surface area contributed by atoms with Crippen LogP contribution >= 0.6 is 0 Å². The number of likely N-dealkylation sites (tertiary alicyclic amines) is 1. The minimum atomic E-state index is -1.55. The number of aliphatic hydroxyl groups is 3. The van der Waals surface area contributed by atoms with Crippen molar-refractivity contribution in [1.29, 1.82) is 0 Å². The molecule has 0 aromatic carbocycles. The lowest BCUT2D eigenvalue weighted by Crippen LogP contribution is -2.82. The summed E-state index contributed by atoms with van der Waals surface area (Å²) in [5.74, 6) is -0.231. The first kappa shape index (κ1) is 23.1. The van der Waals surface area contributed by atoms with Crippen molar-refractivity contribution < 1.29 is 34.3 Å². The number of hydrogen-bond acceptors (Lipinski definition) is 8. The van der Waals surface area contributed by atoms with E-state index in [1.807, 2.05) is 0 Å². The third-order valence-electron chi connectivity index (χ3n) is 11.5. The number of piperidine rings is 1. The van der Waals surface area contributed by atoms with Crippen molar-refractivity contribution in [2.75, 3.05) is 48.1 Å². The van der Waals surface area contributed by atoms with Crippen molar-refractivity contribution in [3.8, 4) is 0 Å². The minimum Gasteiger partial charge on any atom is -0.392 e. The van der Waals surface area contributed by atoms with Gasteiger partial charge in [-0.3, -0.25) is 4.90 Å². The third-order valence-corrected chi connectivity index (χ3v) is 11.5. The molecule has 3 N–H and O–H groups in total. The molecule has 33 heavy (non-hydrogen) atoms. The summed E-state index contributed by atoms with van der Waals surface area (Å²) in [6.07, 6.45) is 1.06. The fourth-order valence-electron chi connectivity index (χ4n) is 11.0. The molecule has 1 spiro atoms. The number of nitrogens with zero attached hydrogens (tertiary/aromatic N) is 1. The van der Waals surface area contributed by atoms with Crippen molar-refractivity contribution >= 4 is 0 Å². The van der Waals surface area contributed by atoms with E-state index in [9.17, 15) is 15.3 Å². The minimum absolute atomic E-state index is 0.00825. The Morgan fingerprint density at radius 1 is 1.06 bits per heavy atom. The molecule has 6 unspecified atom stereocenters. The van der Waals surface area contributed by atoms with Gasteiger partial charge in [0.1, 0.15) is 11.2 Å². The molecule has 0 radical (unpaired) electrons. The Balaban J connectivity index is 1.67. The molecule has 6 rings (SSSR count). The second-order valence-electron chi connectivity index (χ2n) is 11.9. The first-order valence-electron chi connectivity index (χ1n) is 12.7. The topological polar surface area (TPSA) is 101 Å². The molecule has 1 saturated heterocycles. The van der Waals surface area contributed by atoms with Gasteiger partial charge in [0.15, 0.2) is 0 Å². The fourth-order valence-corrected chi connectivity index (χ4v) is 11.0. The SMILES string of the molecule is CCN1C[C@]2(COC)CC[C@H](O)[C@@]34C5C[C@H]6C(OC)C5[C@](O)(C[C@@H]6OC)[C@](O)(C(OC)C23)C14. The molecular formula is C25H41NO7. The zero-order valence-electron chi connectivity index (χ0n) is 20.6. The van der Waals surface area contributed by atoms with Crippen LogP contribution in [0.25, 0.3) is 0 Å². The van der Waals surface area contributed by atoms with E-state index in [0.29, 0.717) is 19.4 Å². The van der Waals surface area contributed by atoms with Gasteiger partial charge in [-0.1, -0.05) is 6.92 Å². The predicted molar refractivity (Wildman–Crippen MR) is 119 cm³/mol. The molecule has 1 heterocycles. The van der Waals surface area contributed by atoms with Gasteiger partial charge in [-0.05, 0) is 31.7 Å². The van der Waals surface area contributed by atoms with E-state index in [2.05, 4.69) is 11.8 Å². The van der Waals surface area contributed by atoms with Crippen molar-refractivity contribution in [1.82, 2.24) is 4.90 Å². The first-order valence-corrected chi connectivity index (χ1v) is 12.7. The van der Waals surface area contributed by atoms with Gasteiger partial charge >= 0.3 is 0 Å². The maximum atomic E-state index is 12.9. The van der Waals surface area contributed by atoms with Gasteiger partial charge in [0.2, 0.25) is 0 Å². The van der Waals surface area contributed by atoms with Crippen molar-refractivity contribution in [2.24, 2.45) is 34.5 Å². The fraction of sp³-hybridized carbons (Fsp3) is 1.00. The maximum absolute atomic E-state index is 12.9. The van der Waals surface area contributed by atoms with Crippen LogP contribution < -0.4 is 0 Å². The molecule has 6 aliphatic rings. The number of hydrogen-bond donors (Lipinski definition) is 3.